The van der Waals surface area contributed by atoms with Gasteiger partial charge in [0, 0.05) is 23.8 Å². The molecule has 1 aliphatic heterocycles. The molecule has 0 aromatic rings. The van der Waals surface area contributed by atoms with E-state index in [9.17, 15) is 9.59 Å². The number of likely N-dealkylation sites (tertiary alicyclic amines) is 1. The van der Waals surface area contributed by atoms with Gasteiger partial charge in [-0.05, 0) is 5.92 Å². The number of alkyl halides is 1. The Morgan fingerprint density at radius 2 is 2.27 bits per heavy atom. The van der Waals surface area contributed by atoms with Gasteiger partial charge in [0.25, 0.3) is 0 Å². The molecule has 86 valence electrons. The fourth-order valence-electron chi connectivity index (χ4n) is 1.89. The van der Waals surface area contributed by atoms with Crippen LogP contribution in [-0.2, 0) is 9.59 Å². The van der Waals surface area contributed by atoms with E-state index in [0.29, 0.717) is 13.0 Å². The van der Waals surface area contributed by atoms with Crippen LogP contribution in [0.5, 0.6) is 0 Å². The number of hydrogen-bond acceptors (Lipinski definition) is 2. The lowest BCUT2D eigenvalue weighted by atomic mass is 9.99. The third-order valence-corrected chi connectivity index (χ3v) is 3.28. The van der Waals surface area contributed by atoms with Crippen molar-refractivity contribution < 1.29 is 14.7 Å². The molecule has 2 unspecified atom stereocenters. The second kappa shape index (κ2) is 4.96. The number of carbonyl (C=O) groups is 2. The zero-order valence-electron chi connectivity index (χ0n) is 8.94. The Morgan fingerprint density at radius 1 is 1.67 bits per heavy atom. The highest BCUT2D eigenvalue weighted by atomic mass is 79.9. The molecule has 0 aliphatic carbocycles. The van der Waals surface area contributed by atoms with Crippen LogP contribution in [0.3, 0.4) is 0 Å². The number of rotatable bonds is 4. The minimum Gasteiger partial charge on any atom is -0.481 e. The molecule has 0 saturated carbocycles. The molecule has 1 heterocycles. The Balaban J connectivity index is 2.71. The minimum absolute atomic E-state index is 0.0309. The van der Waals surface area contributed by atoms with Gasteiger partial charge in [-0.1, -0.05) is 29.8 Å². The highest BCUT2D eigenvalue weighted by Crippen LogP contribution is 2.25. The standard InChI is InChI=1S/C10H16BrNO3/c1-6(2)8(4-10(14)15)12-5-7(11)3-9(12)13/h6-8H,3-5H2,1-2H3,(H,14,15). The zero-order valence-corrected chi connectivity index (χ0v) is 10.5. The molecule has 1 rings (SSSR count). The lowest BCUT2D eigenvalue weighted by Crippen LogP contribution is -2.41. The number of carboxylic acid groups (broad SMARTS) is 1. The average molecular weight is 278 g/mol. The molecule has 1 fully saturated rings. The third kappa shape index (κ3) is 3.19. The van der Waals surface area contributed by atoms with Crippen LogP contribution in [0.15, 0.2) is 0 Å². The van der Waals surface area contributed by atoms with Gasteiger partial charge >= 0.3 is 5.97 Å². The molecule has 1 amide bonds. The molecule has 15 heavy (non-hydrogen) atoms. The highest BCUT2D eigenvalue weighted by molar-refractivity contribution is 9.09. The second-order valence-electron chi connectivity index (χ2n) is 4.26. The Bertz CT molecular complexity index is 267. The number of amides is 1. The Kier molecular flexibility index (Phi) is 4.13. The van der Waals surface area contributed by atoms with E-state index in [1.165, 1.54) is 0 Å². The summed E-state index contributed by atoms with van der Waals surface area (Å²) in [6.07, 6.45) is 0.506. The molecule has 1 N–H and O–H groups in total. The first-order valence-electron chi connectivity index (χ1n) is 5.07. The second-order valence-corrected chi connectivity index (χ2v) is 5.55. The molecule has 1 saturated heterocycles. The fraction of sp³-hybridized carbons (Fsp3) is 0.800. The van der Waals surface area contributed by atoms with Gasteiger partial charge in [0.2, 0.25) is 5.91 Å². The zero-order chi connectivity index (χ0) is 11.6. The van der Waals surface area contributed by atoms with E-state index >= 15 is 0 Å². The highest BCUT2D eigenvalue weighted by Gasteiger charge is 2.35. The lowest BCUT2D eigenvalue weighted by Gasteiger charge is -2.29. The maximum atomic E-state index is 11.6. The summed E-state index contributed by atoms with van der Waals surface area (Å²) < 4.78 is 0. The predicted molar refractivity (Wildman–Crippen MR) is 59.9 cm³/mol. The number of carboxylic acids is 1. The van der Waals surface area contributed by atoms with Gasteiger partial charge in [0.1, 0.15) is 0 Å². The van der Waals surface area contributed by atoms with E-state index in [1.807, 2.05) is 13.8 Å². The van der Waals surface area contributed by atoms with Crippen LogP contribution in [0.4, 0.5) is 0 Å². The van der Waals surface area contributed by atoms with Crippen molar-refractivity contribution in [3.05, 3.63) is 0 Å². The number of halogens is 1. The van der Waals surface area contributed by atoms with Gasteiger partial charge in [-0.3, -0.25) is 9.59 Å². The molecule has 2 atom stereocenters. The lowest BCUT2D eigenvalue weighted by molar-refractivity contribution is -0.140. The van der Waals surface area contributed by atoms with Crippen molar-refractivity contribution in [2.24, 2.45) is 5.92 Å². The molecule has 0 radical (unpaired) electrons. The first-order valence-corrected chi connectivity index (χ1v) is 5.98. The molecule has 0 aromatic carbocycles. The van der Waals surface area contributed by atoms with E-state index in [0.717, 1.165) is 0 Å². The summed E-state index contributed by atoms with van der Waals surface area (Å²) in [7, 11) is 0. The molecular weight excluding hydrogens is 262 g/mol. The minimum atomic E-state index is -0.848. The third-order valence-electron chi connectivity index (χ3n) is 2.66. The molecule has 0 aromatic heterocycles. The van der Waals surface area contributed by atoms with Crippen molar-refractivity contribution in [2.45, 2.75) is 37.6 Å². The normalized spacial score (nSPS) is 23.6. The summed E-state index contributed by atoms with van der Waals surface area (Å²) in [6.45, 7) is 4.51. The smallest absolute Gasteiger partial charge is 0.305 e. The molecule has 1 aliphatic rings. The molecule has 4 nitrogen and oxygen atoms in total. The topological polar surface area (TPSA) is 57.6 Å². The van der Waals surface area contributed by atoms with Gasteiger partial charge in [-0.15, -0.1) is 0 Å². The Labute approximate surface area is 97.8 Å². The Hall–Kier alpha value is -0.580. The average Bonchev–Trinajstić information content (AvgIpc) is 2.40. The van der Waals surface area contributed by atoms with Crippen LogP contribution < -0.4 is 0 Å². The van der Waals surface area contributed by atoms with Gasteiger partial charge in [0.15, 0.2) is 0 Å². The first kappa shape index (κ1) is 12.5. The summed E-state index contributed by atoms with van der Waals surface area (Å²) in [5, 5.41) is 8.80. The van der Waals surface area contributed by atoms with Crippen LogP contribution in [-0.4, -0.2) is 39.3 Å². The number of aliphatic carboxylic acids is 1. The van der Waals surface area contributed by atoms with Gasteiger partial charge in [0.05, 0.1) is 6.42 Å². The van der Waals surface area contributed by atoms with E-state index in [4.69, 9.17) is 5.11 Å². The van der Waals surface area contributed by atoms with Crippen LogP contribution in [0.2, 0.25) is 0 Å². The molecule has 0 spiro atoms. The van der Waals surface area contributed by atoms with E-state index in [-0.39, 0.29) is 29.1 Å². The van der Waals surface area contributed by atoms with Crippen LogP contribution in [0.1, 0.15) is 26.7 Å². The summed E-state index contributed by atoms with van der Waals surface area (Å²) in [4.78, 5) is 24.2. The van der Waals surface area contributed by atoms with Crippen molar-refractivity contribution in [2.75, 3.05) is 6.54 Å². The summed E-state index contributed by atoms with van der Waals surface area (Å²) in [6, 6.07) is -0.183. The monoisotopic (exact) mass is 277 g/mol. The summed E-state index contributed by atoms with van der Waals surface area (Å²) in [5.74, 6) is -0.626. The van der Waals surface area contributed by atoms with Gasteiger partial charge in [-0.2, -0.15) is 0 Å². The van der Waals surface area contributed by atoms with Gasteiger partial charge < -0.3 is 10.0 Å². The quantitative estimate of drug-likeness (QED) is 0.792. The number of hydrogen-bond donors (Lipinski definition) is 1. The van der Waals surface area contributed by atoms with Crippen molar-refractivity contribution >= 4 is 27.8 Å². The van der Waals surface area contributed by atoms with Crippen LogP contribution in [0.25, 0.3) is 0 Å². The first-order chi connectivity index (χ1) is 6.91. The van der Waals surface area contributed by atoms with E-state index < -0.39 is 5.97 Å². The summed E-state index contributed by atoms with van der Waals surface area (Å²) in [5.41, 5.74) is 0. The largest absolute Gasteiger partial charge is 0.481 e. The predicted octanol–water partition coefficient (Wildman–Crippen LogP) is 1.48. The van der Waals surface area contributed by atoms with Crippen LogP contribution in [0, 0.1) is 5.92 Å². The maximum absolute atomic E-state index is 11.6. The SMILES string of the molecule is CC(C)C(CC(=O)O)N1CC(Br)CC1=O. The number of nitrogens with zero attached hydrogens (tertiary/aromatic N) is 1. The van der Waals surface area contributed by atoms with Crippen molar-refractivity contribution in [1.82, 2.24) is 4.90 Å². The fourth-order valence-corrected chi connectivity index (χ4v) is 2.48. The van der Waals surface area contributed by atoms with Crippen molar-refractivity contribution in [3.8, 4) is 0 Å². The van der Waals surface area contributed by atoms with E-state index in [2.05, 4.69) is 15.9 Å². The summed E-state index contributed by atoms with van der Waals surface area (Å²) >= 11 is 3.39. The maximum Gasteiger partial charge on any atom is 0.305 e. The molecular formula is C10H16BrNO3. The number of carbonyl (C=O) groups excluding carboxylic acids is 1. The molecule has 5 heteroatoms. The van der Waals surface area contributed by atoms with Crippen molar-refractivity contribution in [1.29, 1.82) is 0 Å². The van der Waals surface area contributed by atoms with Crippen LogP contribution >= 0.6 is 15.9 Å². The Morgan fingerprint density at radius 3 is 2.60 bits per heavy atom. The van der Waals surface area contributed by atoms with E-state index in [1.54, 1.807) is 4.90 Å². The van der Waals surface area contributed by atoms with Gasteiger partial charge in [-0.25, -0.2) is 0 Å². The van der Waals surface area contributed by atoms with Crippen molar-refractivity contribution in [3.63, 3.8) is 0 Å². The molecule has 0 bridgehead atoms.